The molecular weight excluding hydrogens is 344 g/mol. The van der Waals surface area contributed by atoms with E-state index in [-0.39, 0.29) is 11.2 Å². The van der Waals surface area contributed by atoms with Gasteiger partial charge in [-0.2, -0.15) is 4.98 Å². The average molecular weight is 370 g/mol. The van der Waals surface area contributed by atoms with Crippen LogP contribution in [-0.2, 0) is 27.1 Å². The number of aryl methyl sites for hydroxylation is 3. The third-order valence-electron chi connectivity index (χ3n) is 4.66. The summed E-state index contributed by atoms with van der Waals surface area (Å²) in [5.74, 6) is 0.612. The molecule has 0 aliphatic carbocycles. The van der Waals surface area contributed by atoms with Gasteiger partial charge in [0.2, 0.25) is 5.95 Å². The number of likely N-dealkylation sites (N-methyl/N-ethyl adjacent to an activating group) is 1. The number of benzene rings is 1. The summed E-state index contributed by atoms with van der Waals surface area (Å²) in [6, 6.07) is 10.1. The zero-order valence-corrected chi connectivity index (χ0v) is 16.3. The molecule has 2 heterocycles. The zero-order chi connectivity index (χ0) is 19.6. The molecule has 8 nitrogen and oxygen atoms in total. The van der Waals surface area contributed by atoms with E-state index in [1.165, 1.54) is 17.2 Å². The van der Waals surface area contributed by atoms with Gasteiger partial charge in [-0.25, -0.2) is 4.79 Å². The standard InChI is InChI=1S/C19H26N6O2/c1-22(2)13-11-20-18-21-16-15(17(26)24(4)19(27)23(16)3)25(18)12-10-14-8-6-5-7-9-14/h5-9H,10-13H2,1-4H3,(H,20,21). The smallest absolute Gasteiger partial charge is 0.332 e. The third-order valence-corrected chi connectivity index (χ3v) is 4.66. The van der Waals surface area contributed by atoms with E-state index in [0.29, 0.717) is 30.2 Å². The minimum Gasteiger partial charge on any atom is -0.354 e. The fraction of sp³-hybridized carbons (Fsp3) is 0.421. The van der Waals surface area contributed by atoms with E-state index in [4.69, 9.17) is 0 Å². The predicted octanol–water partition coefficient (Wildman–Crippen LogP) is 0.650. The number of imidazole rings is 1. The lowest BCUT2D eigenvalue weighted by molar-refractivity contribution is 0.424. The first kappa shape index (κ1) is 18.9. The Hall–Kier alpha value is -2.87. The van der Waals surface area contributed by atoms with Crippen LogP contribution in [0.2, 0.25) is 0 Å². The molecule has 2 aromatic heterocycles. The average Bonchev–Trinajstić information content (AvgIpc) is 3.02. The summed E-state index contributed by atoms with van der Waals surface area (Å²) in [6.45, 7) is 2.12. The second-order valence-electron chi connectivity index (χ2n) is 6.93. The summed E-state index contributed by atoms with van der Waals surface area (Å²) < 4.78 is 4.44. The van der Waals surface area contributed by atoms with Gasteiger partial charge in [-0.15, -0.1) is 0 Å². The molecule has 0 saturated carbocycles. The van der Waals surface area contributed by atoms with Crippen LogP contribution < -0.4 is 16.6 Å². The van der Waals surface area contributed by atoms with Gasteiger partial charge in [-0.1, -0.05) is 30.3 Å². The monoisotopic (exact) mass is 370 g/mol. The molecule has 1 N–H and O–H groups in total. The SMILES string of the molecule is CN(C)CCNc1nc2c(c(=O)n(C)c(=O)n2C)n1CCc1ccccc1. The summed E-state index contributed by atoms with van der Waals surface area (Å²) in [5, 5.41) is 3.31. The number of nitrogens with zero attached hydrogens (tertiary/aromatic N) is 5. The Morgan fingerprint density at radius 1 is 1.07 bits per heavy atom. The van der Waals surface area contributed by atoms with Gasteiger partial charge in [0.25, 0.3) is 5.56 Å². The Balaban J connectivity index is 2.05. The molecule has 0 saturated heterocycles. The number of rotatable bonds is 7. The van der Waals surface area contributed by atoms with Crippen LogP contribution in [0.4, 0.5) is 5.95 Å². The fourth-order valence-electron chi connectivity index (χ4n) is 3.08. The summed E-state index contributed by atoms with van der Waals surface area (Å²) in [7, 11) is 7.14. The molecule has 3 aromatic rings. The van der Waals surface area contributed by atoms with Crippen molar-refractivity contribution in [3.8, 4) is 0 Å². The maximum Gasteiger partial charge on any atom is 0.332 e. The van der Waals surface area contributed by atoms with Crippen molar-refractivity contribution in [3.63, 3.8) is 0 Å². The molecule has 144 valence electrons. The quantitative estimate of drug-likeness (QED) is 0.661. The van der Waals surface area contributed by atoms with Crippen molar-refractivity contribution >= 4 is 17.1 Å². The number of hydrogen-bond donors (Lipinski definition) is 1. The molecule has 0 amide bonds. The van der Waals surface area contributed by atoms with Gasteiger partial charge in [0.15, 0.2) is 11.2 Å². The summed E-state index contributed by atoms with van der Waals surface area (Å²) in [4.78, 5) is 31.7. The highest BCUT2D eigenvalue weighted by molar-refractivity contribution is 5.74. The van der Waals surface area contributed by atoms with Gasteiger partial charge < -0.3 is 14.8 Å². The zero-order valence-electron chi connectivity index (χ0n) is 16.3. The van der Waals surface area contributed by atoms with E-state index in [0.717, 1.165) is 17.5 Å². The minimum atomic E-state index is -0.375. The van der Waals surface area contributed by atoms with E-state index < -0.39 is 0 Å². The van der Waals surface area contributed by atoms with Crippen LogP contribution in [0.15, 0.2) is 39.9 Å². The Morgan fingerprint density at radius 2 is 1.78 bits per heavy atom. The van der Waals surface area contributed by atoms with Crippen molar-refractivity contribution in [2.45, 2.75) is 13.0 Å². The molecule has 1 aromatic carbocycles. The molecule has 0 fully saturated rings. The predicted molar refractivity (Wildman–Crippen MR) is 107 cm³/mol. The Kier molecular flexibility index (Phi) is 5.46. The summed E-state index contributed by atoms with van der Waals surface area (Å²) in [5.41, 5.74) is 1.33. The molecule has 0 radical (unpaired) electrons. The number of fused-ring (bicyclic) bond motifs is 1. The van der Waals surface area contributed by atoms with E-state index in [9.17, 15) is 9.59 Å². The second kappa shape index (κ2) is 7.79. The topological polar surface area (TPSA) is 77.1 Å². The van der Waals surface area contributed by atoms with Crippen molar-refractivity contribution in [1.29, 1.82) is 0 Å². The molecule has 27 heavy (non-hydrogen) atoms. The normalized spacial score (nSPS) is 11.4. The Labute approximate surface area is 157 Å². The highest BCUT2D eigenvalue weighted by Gasteiger charge is 2.18. The van der Waals surface area contributed by atoms with Gasteiger partial charge in [0, 0.05) is 33.7 Å². The van der Waals surface area contributed by atoms with Crippen molar-refractivity contribution in [2.75, 3.05) is 32.5 Å². The van der Waals surface area contributed by atoms with Gasteiger partial charge in [-0.05, 0) is 26.1 Å². The van der Waals surface area contributed by atoms with E-state index >= 15 is 0 Å². The van der Waals surface area contributed by atoms with Crippen LogP contribution in [0.3, 0.4) is 0 Å². The molecule has 0 unspecified atom stereocenters. The van der Waals surface area contributed by atoms with Crippen LogP contribution in [0.5, 0.6) is 0 Å². The molecule has 0 bridgehead atoms. The van der Waals surface area contributed by atoms with Crippen LogP contribution in [0.25, 0.3) is 11.2 Å². The summed E-state index contributed by atoms with van der Waals surface area (Å²) >= 11 is 0. The Morgan fingerprint density at radius 3 is 2.44 bits per heavy atom. The molecule has 0 spiro atoms. The highest BCUT2D eigenvalue weighted by Crippen LogP contribution is 2.16. The maximum atomic E-state index is 12.8. The van der Waals surface area contributed by atoms with Gasteiger partial charge in [-0.3, -0.25) is 13.9 Å². The number of anilines is 1. The Bertz CT molecular complexity index is 1050. The van der Waals surface area contributed by atoms with Crippen LogP contribution in [0, 0.1) is 0 Å². The molecule has 8 heteroatoms. The lowest BCUT2D eigenvalue weighted by Gasteiger charge is -2.13. The van der Waals surface area contributed by atoms with E-state index in [1.54, 1.807) is 7.05 Å². The van der Waals surface area contributed by atoms with Gasteiger partial charge in [0.1, 0.15) is 0 Å². The van der Waals surface area contributed by atoms with Crippen LogP contribution in [-0.4, -0.2) is 50.8 Å². The van der Waals surface area contributed by atoms with E-state index in [2.05, 4.69) is 27.3 Å². The maximum absolute atomic E-state index is 12.8. The largest absolute Gasteiger partial charge is 0.354 e. The summed E-state index contributed by atoms with van der Waals surface area (Å²) in [6.07, 6.45) is 0.765. The number of aromatic nitrogens is 4. The lowest BCUT2D eigenvalue weighted by atomic mass is 10.1. The van der Waals surface area contributed by atoms with Crippen molar-refractivity contribution in [1.82, 2.24) is 23.6 Å². The van der Waals surface area contributed by atoms with Crippen molar-refractivity contribution < 1.29 is 0 Å². The highest BCUT2D eigenvalue weighted by atomic mass is 16.2. The third kappa shape index (κ3) is 3.80. The van der Waals surface area contributed by atoms with Crippen LogP contribution in [0.1, 0.15) is 5.56 Å². The van der Waals surface area contributed by atoms with Gasteiger partial charge in [0.05, 0.1) is 0 Å². The fourth-order valence-corrected chi connectivity index (χ4v) is 3.08. The molecule has 0 aliphatic rings. The minimum absolute atomic E-state index is 0.325. The second-order valence-corrected chi connectivity index (χ2v) is 6.93. The van der Waals surface area contributed by atoms with Gasteiger partial charge >= 0.3 is 5.69 Å². The lowest BCUT2D eigenvalue weighted by Crippen LogP contribution is -2.37. The van der Waals surface area contributed by atoms with E-state index in [1.807, 2.05) is 36.9 Å². The molecular formula is C19H26N6O2. The molecule has 0 aliphatic heterocycles. The number of nitrogens with one attached hydrogen (secondary N) is 1. The van der Waals surface area contributed by atoms with Crippen LogP contribution >= 0.6 is 0 Å². The molecule has 3 rings (SSSR count). The molecule has 0 atom stereocenters. The number of hydrogen-bond acceptors (Lipinski definition) is 5. The first-order valence-electron chi connectivity index (χ1n) is 8.99. The first-order valence-corrected chi connectivity index (χ1v) is 8.99. The first-order chi connectivity index (χ1) is 12.9. The van der Waals surface area contributed by atoms with Crippen molar-refractivity contribution in [2.24, 2.45) is 14.1 Å². The van der Waals surface area contributed by atoms with Crippen molar-refractivity contribution in [3.05, 3.63) is 56.7 Å².